The highest BCUT2D eigenvalue weighted by Crippen LogP contribution is 2.37. The fourth-order valence-corrected chi connectivity index (χ4v) is 4.55. The highest BCUT2D eigenvalue weighted by atomic mass is 32.1. The first-order valence-electron chi connectivity index (χ1n) is 11.6. The number of thiophene rings is 1. The molecule has 11 heteroatoms. The highest BCUT2D eigenvalue weighted by Gasteiger charge is 2.23. The Hall–Kier alpha value is -3.44. The van der Waals surface area contributed by atoms with Crippen molar-refractivity contribution in [3.05, 3.63) is 35.2 Å². The average Bonchev–Trinajstić information content (AvgIpc) is 3.27. The van der Waals surface area contributed by atoms with Gasteiger partial charge in [-0.25, -0.2) is 14.4 Å². The monoisotopic (exact) mass is 520 g/mol. The van der Waals surface area contributed by atoms with Crippen LogP contribution in [0.1, 0.15) is 43.5 Å². The standard InChI is InChI=1S/C23H30N2O4S.C2H2O4/c1-4-29-23(27)21-19(17-5-7-18(28-3)8-6-17)15-30-22(21)24-20(26)11-14-25-12-9-16(2)10-13-25;3-1(4)2(5)6/h5-8,15-16H,4,9-14H2,1-3H3,(H,24,26);(H,3,4)(H,5,6). The minimum Gasteiger partial charge on any atom is -0.497 e. The number of piperidine rings is 1. The van der Waals surface area contributed by atoms with Crippen molar-refractivity contribution in [3.8, 4) is 16.9 Å². The fraction of sp³-hybridized carbons (Fsp3) is 0.440. The molecule has 3 N–H and O–H groups in total. The van der Waals surface area contributed by atoms with Gasteiger partial charge in [0.1, 0.15) is 16.3 Å². The van der Waals surface area contributed by atoms with Crippen LogP contribution in [0.4, 0.5) is 5.00 Å². The average molecular weight is 521 g/mol. The third-order valence-electron chi connectivity index (χ3n) is 5.64. The van der Waals surface area contributed by atoms with Crippen LogP contribution in [0.3, 0.4) is 0 Å². The summed E-state index contributed by atoms with van der Waals surface area (Å²) >= 11 is 1.35. The molecular formula is C25H32N2O8S. The number of ether oxygens (including phenoxy) is 2. The van der Waals surface area contributed by atoms with Gasteiger partial charge in [-0.3, -0.25) is 4.79 Å². The maximum absolute atomic E-state index is 12.7. The van der Waals surface area contributed by atoms with Gasteiger partial charge in [0, 0.05) is 23.9 Å². The van der Waals surface area contributed by atoms with Crippen LogP contribution in [0.15, 0.2) is 29.6 Å². The van der Waals surface area contributed by atoms with Crippen LogP contribution in [-0.2, 0) is 19.1 Å². The number of carbonyl (C=O) groups is 4. The number of anilines is 1. The number of rotatable bonds is 8. The van der Waals surface area contributed by atoms with Gasteiger partial charge in [-0.1, -0.05) is 19.1 Å². The molecule has 2 heterocycles. The molecule has 1 saturated heterocycles. The van der Waals surface area contributed by atoms with Crippen LogP contribution in [0.5, 0.6) is 5.75 Å². The third-order valence-corrected chi connectivity index (χ3v) is 6.53. The van der Waals surface area contributed by atoms with Crippen molar-refractivity contribution < 1.29 is 38.9 Å². The minimum absolute atomic E-state index is 0.0812. The van der Waals surface area contributed by atoms with Crippen molar-refractivity contribution in [2.45, 2.75) is 33.1 Å². The lowest BCUT2D eigenvalue weighted by Gasteiger charge is -2.29. The molecule has 2 aromatic rings. The second-order valence-electron chi connectivity index (χ2n) is 8.24. The summed E-state index contributed by atoms with van der Waals surface area (Å²) in [6, 6.07) is 7.48. The van der Waals surface area contributed by atoms with E-state index in [2.05, 4.69) is 17.1 Å². The van der Waals surface area contributed by atoms with Crippen LogP contribution in [0.25, 0.3) is 11.1 Å². The molecule has 1 aliphatic heterocycles. The Kier molecular flexibility index (Phi) is 11.4. The normalized spacial score (nSPS) is 13.8. The van der Waals surface area contributed by atoms with Gasteiger partial charge in [-0.15, -0.1) is 11.3 Å². The van der Waals surface area contributed by atoms with E-state index in [1.54, 1.807) is 14.0 Å². The number of benzene rings is 1. The molecule has 1 aromatic heterocycles. The first-order chi connectivity index (χ1) is 17.2. The fourth-order valence-electron chi connectivity index (χ4n) is 3.57. The zero-order valence-electron chi connectivity index (χ0n) is 20.6. The van der Waals surface area contributed by atoms with E-state index in [1.807, 2.05) is 29.6 Å². The van der Waals surface area contributed by atoms with Crippen molar-refractivity contribution in [2.75, 3.05) is 38.7 Å². The molecule has 0 bridgehead atoms. The number of carboxylic acid groups (broad SMARTS) is 2. The van der Waals surface area contributed by atoms with Gasteiger partial charge in [0.15, 0.2) is 0 Å². The van der Waals surface area contributed by atoms with Gasteiger partial charge in [0.05, 0.1) is 13.7 Å². The molecule has 0 radical (unpaired) electrons. The zero-order valence-corrected chi connectivity index (χ0v) is 21.4. The van der Waals surface area contributed by atoms with Crippen LogP contribution >= 0.6 is 11.3 Å². The van der Waals surface area contributed by atoms with E-state index in [0.717, 1.165) is 42.4 Å². The molecule has 1 fully saturated rings. The quantitative estimate of drug-likeness (QED) is 0.350. The number of nitrogens with zero attached hydrogens (tertiary/aromatic N) is 1. The molecule has 0 aliphatic carbocycles. The first kappa shape index (κ1) is 28.8. The number of aliphatic carboxylic acids is 2. The summed E-state index contributed by atoms with van der Waals surface area (Å²) in [5.74, 6) is -2.64. The Balaban J connectivity index is 0.000000678. The van der Waals surface area contributed by atoms with Crippen LogP contribution in [0.2, 0.25) is 0 Å². The molecule has 196 valence electrons. The summed E-state index contributed by atoms with van der Waals surface area (Å²) < 4.78 is 10.5. The van der Waals surface area contributed by atoms with Crippen molar-refractivity contribution in [1.29, 1.82) is 0 Å². The van der Waals surface area contributed by atoms with Gasteiger partial charge in [-0.2, -0.15) is 0 Å². The molecule has 1 aromatic carbocycles. The van der Waals surface area contributed by atoms with Crippen LogP contribution in [-0.4, -0.2) is 72.3 Å². The number of carboxylic acids is 2. The summed E-state index contributed by atoms with van der Waals surface area (Å²) in [4.78, 5) is 45.8. The number of esters is 1. The predicted molar refractivity (Wildman–Crippen MR) is 136 cm³/mol. The SMILES string of the molecule is CCOC(=O)c1c(-c2ccc(OC)cc2)csc1NC(=O)CCN1CCC(C)CC1.O=C(O)C(=O)O. The maximum atomic E-state index is 12.7. The van der Waals surface area contributed by atoms with Gasteiger partial charge >= 0.3 is 17.9 Å². The van der Waals surface area contributed by atoms with Crippen molar-refractivity contribution in [2.24, 2.45) is 5.92 Å². The van der Waals surface area contributed by atoms with E-state index >= 15 is 0 Å². The van der Waals surface area contributed by atoms with E-state index in [0.29, 0.717) is 17.0 Å². The molecule has 0 saturated carbocycles. The topological polar surface area (TPSA) is 142 Å². The summed E-state index contributed by atoms with van der Waals surface area (Å²) in [5, 5.41) is 20.1. The Morgan fingerprint density at radius 2 is 1.69 bits per heavy atom. The lowest BCUT2D eigenvalue weighted by atomic mass is 9.99. The Bertz CT molecular complexity index is 1030. The summed E-state index contributed by atoms with van der Waals surface area (Å²) in [6.45, 7) is 7.15. The van der Waals surface area contributed by atoms with E-state index < -0.39 is 17.9 Å². The maximum Gasteiger partial charge on any atom is 0.414 e. The Morgan fingerprint density at radius 3 is 2.22 bits per heavy atom. The number of carbonyl (C=O) groups excluding carboxylic acids is 2. The number of amides is 1. The summed E-state index contributed by atoms with van der Waals surface area (Å²) in [7, 11) is 1.61. The Morgan fingerprint density at radius 1 is 1.08 bits per heavy atom. The second-order valence-corrected chi connectivity index (χ2v) is 9.11. The van der Waals surface area contributed by atoms with E-state index in [9.17, 15) is 9.59 Å². The predicted octanol–water partition coefficient (Wildman–Crippen LogP) is 3.82. The van der Waals surface area contributed by atoms with Gasteiger partial charge in [0.25, 0.3) is 0 Å². The number of likely N-dealkylation sites (tertiary alicyclic amines) is 1. The van der Waals surface area contributed by atoms with Crippen molar-refractivity contribution in [3.63, 3.8) is 0 Å². The van der Waals surface area contributed by atoms with Crippen molar-refractivity contribution in [1.82, 2.24) is 4.90 Å². The van der Waals surface area contributed by atoms with E-state index in [1.165, 1.54) is 24.2 Å². The molecule has 3 rings (SSSR count). The molecule has 0 atom stereocenters. The van der Waals surface area contributed by atoms with Gasteiger partial charge in [0.2, 0.25) is 5.91 Å². The molecule has 36 heavy (non-hydrogen) atoms. The zero-order chi connectivity index (χ0) is 26.7. The molecular weight excluding hydrogens is 488 g/mol. The molecule has 1 amide bonds. The first-order valence-corrected chi connectivity index (χ1v) is 12.5. The summed E-state index contributed by atoms with van der Waals surface area (Å²) in [6.07, 6.45) is 2.78. The number of hydrogen-bond acceptors (Lipinski definition) is 8. The third kappa shape index (κ3) is 8.65. The van der Waals surface area contributed by atoms with Gasteiger partial charge < -0.3 is 29.9 Å². The molecule has 0 spiro atoms. The number of hydrogen-bond donors (Lipinski definition) is 3. The number of nitrogens with one attached hydrogen (secondary N) is 1. The number of methoxy groups -OCH3 is 1. The van der Waals surface area contributed by atoms with Crippen LogP contribution in [0, 0.1) is 5.92 Å². The smallest absolute Gasteiger partial charge is 0.414 e. The Labute approximate surface area is 213 Å². The van der Waals surface area contributed by atoms with Crippen LogP contribution < -0.4 is 10.1 Å². The minimum atomic E-state index is -1.82. The molecule has 10 nitrogen and oxygen atoms in total. The molecule has 0 unspecified atom stereocenters. The van der Waals surface area contributed by atoms with Crippen molar-refractivity contribution >= 4 is 40.2 Å². The van der Waals surface area contributed by atoms with E-state index in [-0.39, 0.29) is 12.5 Å². The lowest BCUT2D eigenvalue weighted by molar-refractivity contribution is -0.159. The highest BCUT2D eigenvalue weighted by molar-refractivity contribution is 7.15. The second kappa shape index (κ2) is 14.2. The van der Waals surface area contributed by atoms with E-state index in [4.69, 9.17) is 29.3 Å². The molecule has 1 aliphatic rings. The lowest BCUT2D eigenvalue weighted by Crippen LogP contribution is -2.35. The van der Waals surface area contributed by atoms with Gasteiger partial charge in [-0.05, 0) is 56.5 Å². The summed E-state index contributed by atoms with van der Waals surface area (Å²) in [5.41, 5.74) is 2.03. The largest absolute Gasteiger partial charge is 0.497 e.